The first-order valence-corrected chi connectivity index (χ1v) is 7.46. The lowest BCUT2D eigenvalue weighted by Crippen LogP contribution is -2.06. The zero-order valence-corrected chi connectivity index (χ0v) is 13.4. The lowest BCUT2D eigenvalue weighted by atomic mass is 10.1. The maximum Gasteiger partial charge on any atom is 0.342 e. The largest absolute Gasteiger partial charge is 0.507 e. The molecule has 3 aromatic rings. The summed E-state index contributed by atoms with van der Waals surface area (Å²) in [5.41, 5.74) is 1.37. The number of hydrogen-bond donors (Lipinski definition) is 1. The van der Waals surface area contributed by atoms with E-state index in [2.05, 4.69) is 10.1 Å². The van der Waals surface area contributed by atoms with Gasteiger partial charge in [-0.1, -0.05) is 41.0 Å². The molecule has 1 N–H and O–H groups in total. The summed E-state index contributed by atoms with van der Waals surface area (Å²) in [4.78, 5) is 16.2. The van der Waals surface area contributed by atoms with Crippen LogP contribution in [0.2, 0.25) is 5.02 Å². The average Bonchev–Trinajstić information content (AvgIpc) is 3.04. The number of hydrogen-bond acceptors (Lipinski definition) is 6. The number of ether oxygens (including phenoxy) is 1. The highest BCUT2D eigenvalue weighted by atomic mass is 35.5. The van der Waals surface area contributed by atoms with Gasteiger partial charge in [0.05, 0.1) is 0 Å². The third-order valence-electron chi connectivity index (χ3n) is 3.34. The fourth-order valence-corrected chi connectivity index (χ4v) is 2.28. The molecule has 3 rings (SSSR count). The van der Waals surface area contributed by atoms with Crippen LogP contribution in [-0.2, 0) is 11.3 Å². The van der Waals surface area contributed by atoms with Crippen LogP contribution in [0.25, 0.3) is 11.4 Å². The quantitative estimate of drug-likeness (QED) is 0.725. The number of aryl methyl sites for hydroxylation is 1. The van der Waals surface area contributed by atoms with Crippen LogP contribution in [0.3, 0.4) is 0 Å². The molecule has 1 heterocycles. The second-order valence-corrected chi connectivity index (χ2v) is 5.51. The Kier molecular flexibility index (Phi) is 4.48. The normalized spacial score (nSPS) is 10.6. The van der Waals surface area contributed by atoms with Crippen molar-refractivity contribution in [2.24, 2.45) is 0 Å². The molecule has 122 valence electrons. The van der Waals surface area contributed by atoms with E-state index in [0.717, 1.165) is 0 Å². The molecule has 0 unspecified atom stereocenters. The van der Waals surface area contributed by atoms with Gasteiger partial charge in [-0.2, -0.15) is 4.98 Å². The second-order valence-electron chi connectivity index (χ2n) is 5.07. The maximum absolute atomic E-state index is 12.0. The zero-order valence-electron chi connectivity index (χ0n) is 12.7. The minimum atomic E-state index is -0.668. The summed E-state index contributed by atoms with van der Waals surface area (Å²) in [5, 5.41) is 14.3. The molecule has 6 nitrogen and oxygen atoms in total. The molecule has 2 aromatic carbocycles. The highest BCUT2D eigenvalue weighted by Gasteiger charge is 2.16. The Labute approximate surface area is 142 Å². The third-order valence-corrected chi connectivity index (χ3v) is 3.57. The van der Waals surface area contributed by atoms with Gasteiger partial charge in [-0.05, 0) is 30.7 Å². The summed E-state index contributed by atoms with van der Waals surface area (Å²) in [6.07, 6.45) is 0. The molecular weight excluding hydrogens is 332 g/mol. The van der Waals surface area contributed by atoms with Crippen LogP contribution >= 0.6 is 11.6 Å². The number of nitrogens with zero attached hydrogens (tertiary/aromatic N) is 2. The first-order chi connectivity index (χ1) is 11.5. The van der Waals surface area contributed by atoms with Crippen LogP contribution in [0.5, 0.6) is 5.75 Å². The number of para-hydroxylation sites is 1. The fourth-order valence-electron chi connectivity index (χ4n) is 2.09. The van der Waals surface area contributed by atoms with E-state index in [4.69, 9.17) is 20.9 Å². The molecule has 0 aliphatic carbocycles. The van der Waals surface area contributed by atoms with E-state index in [1.807, 2.05) is 0 Å². The van der Waals surface area contributed by atoms with Crippen molar-refractivity contribution in [1.82, 2.24) is 10.1 Å². The van der Waals surface area contributed by atoms with E-state index in [-0.39, 0.29) is 23.8 Å². The lowest BCUT2D eigenvalue weighted by molar-refractivity contribution is 0.0426. The SMILES string of the molecule is Cc1cccc(C(=O)OCc2nc(-c3cccc(Cl)c3)no2)c1O. The Bertz CT molecular complexity index is 892. The van der Waals surface area contributed by atoms with Crippen LogP contribution in [0.1, 0.15) is 21.8 Å². The number of carbonyl (C=O) groups is 1. The van der Waals surface area contributed by atoms with Crippen molar-refractivity contribution in [3.05, 3.63) is 64.5 Å². The van der Waals surface area contributed by atoms with Crippen molar-refractivity contribution >= 4 is 17.6 Å². The summed E-state index contributed by atoms with van der Waals surface area (Å²) < 4.78 is 10.2. The molecule has 0 fully saturated rings. The van der Waals surface area contributed by atoms with Gasteiger partial charge in [-0.3, -0.25) is 0 Å². The number of esters is 1. The van der Waals surface area contributed by atoms with Crippen LogP contribution in [0.4, 0.5) is 0 Å². The topological polar surface area (TPSA) is 85.5 Å². The Hall–Kier alpha value is -2.86. The fraction of sp³-hybridized carbons (Fsp3) is 0.118. The maximum atomic E-state index is 12.0. The van der Waals surface area contributed by atoms with Crippen molar-refractivity contribution < 1.29 is 19.2 Å². The van der Waals surface area contributed by atoms with Gasteiger partial charge in [0.2, 0.25) is 5.82 Å². The minimum Gasteiger partial charge on any atom is -0.507 e. The summed E-state index contributed by atoms with van der Waals surface area (Å²) in [7, 11) is 0. The molecule has 1 aromatic heterocycles. The van der Waals surface area contributed by atoms with Gasteiger partial charge in [0.15, 0.2) is 6.61 Å². The van der Waals surface area contributed by atoms with Crippen molar-refractivity contribution in [2.75, 3.05) is 0 Å². The summed E-state index contributed by atoms with van der Waals surface area (Å²) >= 11 is 5.92. The van der Waals surface area contributed by atoms with E-state index in [1.165, 1.54) is 6.07 Å². The van der Waals surface area contributed by atoms with Gasteiger partial charge < -0.3 is 14.4 Å². The van der Waals surface area contributed by atoms with Gasteiger partial charge in [0.25, 0.3) is 5.89 Å². The number of phenolic OH excluding ortho intramolecular Hbond substituents is 1. The number of phenols is 1. The molecule has 0 aliphatic heterocycles. The van der Waals surface area contributed by atoms with Crippen LogP contribution in [0.15, 0.2) is 47.0 Å². The Morgan fingerprint density at radius 3 is 2.88 bits per heavy atom. The van der Waals surface area contributed by atoms with Gasteiger partial charge in [-0.25, -0.2) is 4.79 Å². The zero-order chi connectivity index (χ0) is 17.1. The van der Waals surface area contributed by atoms with E-state index in [1.54, 1.807) is 43.3 Å². The molecule has 24 heavy (non-hydrogen) atoms. The van der Waals surface area contributed by atoms with E-state index in [9.17, 15) is 9.90 Å². The van der Waals surface area contributed by atoms with Crippen molar-refractivity contribution in [1.29, 1.82) is 0 Å². The Morgan fingerprint density at radius 1 is 1.29 bits per heavy atom. The molecule has 7 heteroatoms. The molecule has 0 spiro atoms. The molecule has 0 saturated carbocycles. The van der Waals surface area contributed by atoms with E-state index >= 15 is 0 Å². The Morgan fingerprint density at radius 2 is 2.08 bits per heavy atom. The van der Waals surface area contributed by atoms with Gasteiger partial charge in [0, 0.05) is 10.6 Å². The number of halogens is 1. The molecule has 0 radical (unpaired) electrons. The summed E-state index contributed by atoms with van der Waals surface area (Å²) in [6.45, 7) is 1.50. The van der Waals surface area contributed by atoms with Gasteiger partial charge in [-0.15, -0.1) is 0 Å². The average molecular weight is 345 g/mol. The highest BCUT2D eigenvalue weighted by molar-refractivity contribution is 6.30. The number of rotatable bonds is 4. The van der Waals surface area contributed by atoms with E-state index in [0.29, 0.717) is 22.0 Å². The number of carbonyl (C=O) groups excluding carboxylic acids is 1. The molecule has 0 aliphatic rings. The highest BCUT2D eigenvalue weighted by Crippen LogP contribution is 2.23. The first kappa shape index (κ1) is 16.0. The number of aromatic nitrogens is 2. The summed E-state index contributed by atoms with van der Waals surface area (Å²) in [5.74, 6) is -0.279. The van der Waals surface area contributed by atoms with Crippen molar-refractivity contribution in [3.8, 4) is 17.1 Å². The monoisotopic (exact) mass is 344 g/mol. The van der Waals surface area contributed by atoms with E-state index < -0.39 is 5.97 Å². The van der Waals surface area contributed by atoms with Crippen LogP contribution in [0, 0.1) is 6.92 Å². The molecule has 0 atom stereocenters. The molecule has 0 amide bonds. The summed E-state index contributed by atoms with van der Waals surface area (Å²) in [6, 6.07) is 11.8. The van der Waals surface area contributed by atoms with Crippen LogP contribution in [-0.4, -0.2) is 21.2 Å². The minimum absolute atomic E-state index is 0.0876. The lowest BCUT2D eigenvalue weighted by Gasteiger charge is -2.05. The predicted molar refractivity (Wildman–Crippen MR) is 86.7 cm³/mol. The second kappa shape index (κ2) is 6.72. The molecule has 0 saturated heterocycles. The van der Waals surface area contributed by atoms with Crippen molar-refractivity contribution in [2.45, 2.75) is 13.5 Å². The standard InChI is InChI=1S/C17H13ClN2O4/c1-10-4-2-7-13(15(10)21)17(22)23-9-14-19-16(20-24-14)11-5-3-6-12(18)8-11/h2-8,21H,9H2,1H3. The van der Waals surface area contributed by atoms with Crippen molar-refractivity contribution in [3.63, 3.8) is 0 Å². The van der Waals surface area contributed by atoms with Gasteiger partial charge in [0.1, 0.15) is 11.3 Å². The van der Waals surface area contributed by atoms with Gasteiger partial charge >= 0.3 is 5.97 Å². The Balaban J connectivity index is 1.69. The third kappa shape index (κ3) is 3.38. The first-order valence-electron chi connectivity index (χ1n) is 7.09. The van der Waals surface area contributed by atoms with Crippen LogP contribution < -0.4 is 0 Å². The number of aromatic hydroxyl groups is 1. The molecular formula is C17H13ClN2O4. The number of benzene rings is 2. The smallest absolute Gasteiger partial charge is 0.342 e. The molecule has 0 bridgehead atoms. The predicted octanol–water partition coefficient (Wildman–Crippen LogP) is 3.76.